The highest BCUT2D eigenvalue weighted by molar-refractivity contribution is 6.21. The van der Waals surface area contributed by atoms with Crippen molar-refractivity contribution in [2.75, 3.05) is 0 Å². The monoisotopic (exact) mass is 777 g/mol. The molecule has 0 aliphatic heterocycles. The predicted molar refractivity (Wildman–Crippen MR) is 257 cm³/mol. The molecule has 0 radical (unpaired) electrons. The maximum Gasteiger partial charge on any atom is 0.160 e. The molecule has 11 aromatic rings. The maximum atomic E-state index is 5.11. The Labute approximate surface area is 354 Å². The molecule has 61 heavy (non-hydrogen) atoms. The van der Waals surface area contributed by atoms with E-state index in [9.17, 15) is 0 Å². The van der Waals surface area contributed by atoms with Gasteiger partial charge in [-0.2, -0.15) is 0 Å². The van der Waals surface area contributed by atoms with Crippen LogP contribution in [0.4, 0.5) is 0 Å². The van der Waals surface area contributed by atoms with Crippen molar-refractivity contribution in [3.05, 3.63) is 218 Å². The summed E-state index contributed by atoms with van der Waals surface area (Å²) in [5, 5.41) is 10.0. The molecule has 0 saturated carbocycles. The van der Waals surface area contributed by atoms with Crippen LogP contribution >= 0.6 is 0 Å². The summed E-state index contributed by atoms with van der Waals surface area (Å²) in [7, 11) is 0. The van der Waals surface area contributed by atoms with Crippen molar-refractivity contribution >= 4 is 59.7 Å². The van der Waals surface area contributed by atoms with E-state index < -0.39 is 0 Å². The first-order valence-corrected chi connectivity index (χ1v) is 21.1. The molecule has 0 saturated heterocycles. The third-order valence-electron chi connectivity index (χ3n) is 12.4. The second kappa shape index (κ2) is 14.4. The van der Waals surface area contributed by atoms with Crippen LogP contribution in [0.1, 0.15) is 18.7 Å². The Hall–Kier alpha value is -7.88. The molecule has 9 aromatic carbocycles. The van der Waals surface area contributed by atoms with Crippen LogP contribution in [0.2, 0.25) is 0 Å². The van der Waals surface area contributed by atoms with E-state index in [0.29, 0.717) is 0 Å². The summed E-state index contributed by atoms with van der Waals surface area (Å²) in [4.78, 5) is 10.1. The Morgan fingerprint density at radius 2 is 1.03 bits per heavy atom. The van der Waals surface area contributed by atoms with E-state index in [0.717, 1.165) is 52.4 Å². The minimum atomic E-state index is 0.765. The lowest BCUT2D eigenvalue weighted by atomic mass is 9.94. The highest BCUT2D eigenvalue weighted by Crippen LogP contribution is 2.39. The molecule has 1 aliphatic carbocycles. The van der Waals surface area contributed by atoms with Gasteiger partial charge in [-0.15, -0.1) is 0 Å². The van der Waals surface area contributed by atoms with Crippen LogP contribution in [0.25, 0.3) is 110 Å². The van der Waals surface area contributed by atoms with Crippen LogP contribution in [-0.4, -0.2) is 14.5 Å². The number of nitrogens with zero attached hydrogens (tertiary/aromatic N) is 3. The molecule has 0 amide bonds. The Morgan fingerprint density at radius 3 is 1.84 bits per heavy atom. The van der Waals surface area contributed by atoms with Crippen LogP contribution in [-0.2, 0) is 0 Å². The lowest BCUT2D eigenvalue weighted by Gasteiger charge is -2.13. The van der Waals surface area contributed by atoms with E-state index in [-0.39, 0.29) is 0 Å². The number of para-hydroxylation sites is 1. The van der Waals surface area contributed by atoms with E-state index >= 15 is 0 Å². The topological polar surface area (TPSA) is 30.7 Å². The SMILES string of the molecule is C1=CC(c2nc(-c3ccccc3)cc(-c3ccc(-n4c5ccccc5c5c6ccc(-c7ccc8cc(-c9cccc%10ccccc9%10)ccc8c7)cc6ccc54)cc3)n2)=CCC1. The number of hydrogen-bond donors (Lipinski definition) is 0. The van der Waals surface area contributed by atoms with Gasteiger partial charge in [-0.1, -0.05) is 164 Å². The molecule has 12 rings (SSSR count). The molecule has 0 unspecified atom stereocenters. The lowest BCUT2D eigenvalue weighted by Crippen LogP contribution is -2.00. The largest absolute Gasteiger partial charge is 0.309 e. The summed E-state index contributed by atoms with van der Waals surface area (Å²) in [6.45, 7) is 0. The Kier molecular flexibility index (Phi) is 8.31. The van der Waals surface area contributed by atoms with Crippen molar-refractivity contribution in [3.8, 4) is 50.5 Å². The molecule has 0 fully saturated rings. The van der Waals surface area contributed by atoms with E-state index in [2.05, 4.69) is 211 Å². The number of benzene rings is 9. The molecule has 0 bridgehead atoms. The molecule has 286 valence electrons. The van der Waals surface area contributed by atoms with E-state index in [1.54, 1.807) is 0 Å². The number of rotatable bonds is 6. The van der Waals surface area contributed by atoms with Crippen molar-refractivity contribution < 1.29 is 0 Å². The first kappa shape index (κ1) is 35.1. The summed E-state index contributed by atoms with van der Waals surface area (Å²) < 4.78 is 2.40. The van der Waals surface area contributed by atoms with Gasteiger partial charge in [0, 0.05) is 33.2 Å². The third-order valence-corrected chi connectivity index (χ3v) is 12.4. The number of aromatic nitrogens is 3. The normalized spacial score (nSPS) is 12.8. The minimum Gasteiger partial charge on any atom is -0.309 e. The van der Waals surface area contributed by atoms with Crippen molar-refractivity contribution in [2.45, 2.75) is 12.8 Å². The highest BCUT2D eigenvalue weighted by atomic mass is 15.0. The van der Waals surface area contributed by atoms with E-state index in [4.69, 9.17) is 9.97 Å². The zero-order chi connectivity index (χ0) is 40.3. The van der Waals surface area contributed by atoms with Crippen molar-refractivity contribution in [3.63, 3.8) is 0 Å². The Morgan fingerprint density at radius 1 is 0.393 bits per heavy atom. The number of fused-ring (bicyclic) bond motifs is 7. The van der Waals surface area contributed by atoms with Crippen LogP contribution in [0.15, 0.2) is 212 Å². The Bertz CT molecular complexity index is 3570. The van der Waals surface area contributed by atoms with Gasteiger partial charge in [-0.25, -0.2) is 9.97 Å². The average molecular weight is 778 g/mol. The quantitative estimate of drug-likeness (QED) is 0.168. The molecule has 1 aliphatic rings. The molecule has 2 heterocycles. The summed E-state index contributed by atoms with van der Waals surface area (Å²) in [6, 6.07) is 70.5. The third kappa shape index (κ3) is 6.13. The molecular weight excluding hydrogens is 739 g/mol. The van der Waals surface area contributed by atoms with Crippen molar-refractivity contribution in [1.82, 2.24) is 14.5 Å². The average Bonchev–Trinajstić information content (AvgIpc) is 3.68. The molecule has 3 heteroatoms. The molecule has 0 N–H and O–H groups in total. The molecule has 0 spiro atoms. The minimum absolute atomic E-state index is 0.765. The fraction of sp³-hybridized carbons (Fsp3) is 0.0345. The van der Waals surface area contributed by atoms with Crippen LogP contribution in [0.3, 0.4) is 0 Å². The zero-order valence-electron chi connectivity index (χ0n) is 33.5. The molecule has 3 nitrogen and oxygen atoms in total. The predicted octanol–water partition coefficient (Wildman–Crippen LogP) is 15.4. The standard InChI is InChI=1S/C58H39N3/c1-3-13-39(14-4-1)53-37-54(60-58(59-53)41-15-5-2-6-16-41)40-26-30-48(31-27-40)61-55-21-10-9-19-52(55)57-51-32-28-45(36-47(51)29-33-56(57)61)42-22-23-44-35-46(25-24-43(44)34-42)50-20-11-17-38-12-7-8-18-49(38)50/h1,3-5,7-37H,2,6H2. The molecule has 2 aromatic heterocycles. The fourth-order valence-electron chi connectivity index (χ4n) is 9.37. The van der Waals surface area contributed by atoms with Gasteiger partial charge in [-0.05, 0) is 116 Å². The maximum absolute atomic E-state index is 5.11. The second-order valence-electron chi connectivity index (χ2n) is 16.1. The fourth-order valence-corrected chi connectivity index (χ4v) is 9.37. The van der Waals surface area contributed by atoms with Crippen molar-refractivity contribution in [2.24, 2.45) is 0 Å². The number of hydrogen-bond acceptors (Lipinski definition) is 2. The molecular formula is C58H39N3. The first-order valence-electron chi connectivity index (χ1n) is 21.1. The van der Waals surface area contributed by atoms with Gasteiger partial charge < -0.3 is 4.57 Å². The Balaban J connectivity index is 0.908. The van der Waals surface area contributed by atoms with Crippen LogP contribution < -0.4 is 0 Å². The molecule has 0 atom stereocenters. The second-order valence-corrected chi connectivity index (χ2v) is 16.1. The summed E-state index contributed by atoms with van der Waals surface area (Å²) in [6.07, 6.45) is 8.66. The van der Waals surface area contributed by atoms with Gasteiger partial charge in [0.25, 0.3) is 0 Å². The van der Waals surface area contributed by atoms with Gasteiger partial charge in [0.2, 0.25) is 0 Å². The van der Waals surface area contributed by atoms with Crippen LogP contribution in [0, 0.1) is 0 Å². The summed E-state index contributed by atoms with van der Waals surface area (Å²) >= 11 is 0. The van der Waals surface area contributed by atoms with Gasteiger partial charge in [0.05, 0.1) is 22.4 Å². The smallest absolute Gasteiger partial charge is 0.160 e. The summed E-state index contributed by atoms with van der Waals surface area (Å²) in [5.74, 6) is 0.765. The van der Waals surface area contributed by atoms with Gasteiger partial charge in [-0.3, -0.25) is 0 Å². The highest BCUT2D eigenvalue weighted by Gasteiger charge is 2.17. The van der Waals surface area contributed by atoms with Crippen LogP contribution in [0.5, 0.6) is 0 Å². The zero-order valence-corrected chi connectivity index (χ0v) is 33.5. The van der Waals surface area contributed by atoms with Gasteiger partial charge in [0.1, 0.15) is 0 Å². The summed E-state index contributed by atoms with van der Waals surface area (Å²) in [5.41, 5.74) is 13.5. The lowest BCUT2D eigenvalue weighted by molar-refractivity contribution is 1.03. The number of allylic oxidation sites excluding steroid dienone is 4. The van der Waals surface area contributed by atoms with Gasteiger partial charge >= 0.3 is 0 Å². The van der Waals surface area contributed by atoms with Gasteiger partial charge in [0.15, 0.2) is 5.82 Å². The van der Waals surface area contributed by atoms with E-state index in [1.165, 1.54) is 76.4 Å². The van der Waals surface area contributed by atoms with E-state index in [1.807, 2.05) is 6.07 Å². The van der Waals surface area contributed by atoms with Crippen molar-refractivity contribution in [1.29, 1.82) is 0 Å². The first-order chi connectivity index (χ1) is 30.2.